The number of anilines is 2. The second kappa shape index (κ2) is 6.95. The highest BCUT2D eigenvalue weighted by Crippen LogP contribution is 2.55. The maximum Gasteiger partial charge on any atom is 0.269 e. The topological polar surface area (TPSA) is 40.6 Å². The summed E-state index contributed by atoms with van der Waals surface area (Å²) >= 11 is 1.21. The fraction of sp³-hybridized carbons (Fsp3) is 0.130. The molecule has 2 heterocycles. The van der Waals surface area contributed by atoms with Gasteiger partial charge in [-0.2, -0.15) is 0 Å². The molecule has 30 heavy (non-hydrogen) atoms. The zero-order valence-corrected chi connectivity index (χ0v) is 16.5. The molecule has 1 fully saturated rings. The van der Waals surface area contributed by atoms with E-state index >= 15 is 0 Å². The van der Waals surface area contributed by atoms with Crippen LogP contribution in [0.2, 0.25) is 0 Å². The molecule has 5 rings (SSSR count). The maximum absolute atomic E-state index is 14.3. The molecule has 0 aromatic heterocycles. The van der Waals surface area contributed by atoms with Crippen molar-refractivity contribution in [3.63, 3.8) is 0 Å². The molecule has 1 unspecified atom stereocenters. The summed E-state index contributed by atoms with van der Waals surface area (Å²) in [6, 6.07) is 19.1. The Balaban J connectivity index is 1.66. The van der Waals surface area contributed by atoms with Gasteiger partial charge in [0.25, 0.3) is 5.91 Å². The highest BCUT2D eigenvalue weighted by molar-refractivity contribution is 8.02. The lowest BCUT2D eigenvalue weighted by molar-refractivity contribution is -0.123. The Morgan fingerprint density at radius 1 is 0.933 bits per heavy atom. The predicted octanol–water partition coefficient (Wildman–Crippen LogP) is 4.44. The predicted molar refractivity (Wildman–Crippen MR) is 112 cm³/mol. The Morgan fingerprint density at radius 2 is 1.70 bits per heavy atom. The molecule has 0 saturated carbocycles. The molecular formula is C23H16F2N2O2S. The van der Waals surface area contributed by atoms with Crippen molar-refractivity contribution in [2.45, 2.75) is 11.4 Å². The van der Waals surface area contributed by atoms with Gasteiger partial charge >= 0.3 is 0 Å². The van der Waals surface area contributed by atoms with Gasteiger partial charge in [0, 0.05) is 16.8 Å². The van der Waals surface area contributed by atoms with Crippen LogP contribution in [0.1, 0.15) is 11.1 Å². The summed E-state index contributed by atoms with van der Waals surface area (Å²) in [7, 11) is 0. The summed E-state index contributed by atoms with van der Waals surface area (Å²) in [5.74, 6) is -1.42. The SMILES string of the molecule is O=C1CSC2(C(=O)N(Cc3ccccc3F)c3ccccc32)N1c1cccc(F)c1. The first-order valence-corrected chi connectivity index (χ1v) is 10.4. The molecule has 7 heteroatoms. The van der Waals surface area contributed by atoms with E-state index in [0.29, 0.717) is 22.5 Å². The van der Waals surface area contributed by atoms with Crippen molar-refractivity contribution >= 4 is 35.0 Å². The number of amides is 2. The minimum atomic E-state index is -1.34. The fourth-order valence-corrected chi connectivity index (χ4v) is 5.48. The quantitative estimate of drug-likeness (QED) is 0.627. The van der Waals surface area contributed by atoms with E-state index in [0.717, 1.165) is 0 Å². The molecule has 0 N–H and O–H groups in total. The van der Waals surface area contributed by atoms with Gasteiger partial charge < -0.3 is 4.90 Å². The Labute approximate surface area is 176 Å². The van der Waals surface area contributed by atoms with E-state index in [-0.39, 0.29) is 24.1 Å². The van der Waals surface area contributed by atoms with Crippen molar-refractivity contribution in [1.82, 2.24) is 0 Å². The normalized spacial score (nSPS) is 20.3. The lowest BCUT2D eigenvalue weighted by atomic mass is 10.0. The van der Waals surface area contributed by atoms with E-state index in [1.54, 1.807) is 48.5 Å². The summed E-state index contributed by atoms with van der Waals surface area (Å²) < 4.78 is 28.3. The van der Waals surface area contributed by atoms with Crippen LogP contribution in [0.3, 0.4) is 0 Å². The molecule has 0 bridgehead atoms. The molecule has 3 aromatic carbocycles. The van der Waals surface area contributed by atoms with Crippen LogP contribution < -0.4 is 9.80 Å². The van der Waals surface area contributed by atoms with Gasteiger partial charge in [0.05, 0.1) is 18.0 Å². The highest BCUT2D eigenvalue weighted by Gasteiger charge is 2.61. The largest absolute Gasteiger partial charge is 0.304 e. The van der Waals surface area contributed by atoms with Crippen LogP contribution in [0.15, 0.2) is 72.8 Å². The molecule has 0 aliphatic carbocycles. The summed E-state index contributed by atoms with van der Waals surface area (Å²) in [6.07, 6.45) is 0. The molecule has 2 aliphatic rings. The highest BCUT2D eigenvalue weighted by atomic mass is 32.2. The molecule has 150 valence electrons. The molecule has 1 saturated heterocycles. The van der Waals surface area contributed by atoms with E-state index in [1.807, 2.05) is 0 Å². The number of fused-ring (bicyclic) bond motifs is 2. The Bertz CT molecular complexity index is 1190. The van der Waals surface area contributed by atoms with E-state index in [4.69, 9.17) is 0 Å². The number of carbonyl (C=O) groups is 2. The number of benzene rings is 3. The van der Waals surface area contributed by atoms with Crippen LogP contribution in [0.4, 0.5) is 20.2 Å². The zero-order chi connectivity index (χ0) is 20.9. The van der Waals surface area contributed by atoms with Gasteiger partial charge in [-0.15, -0.1) is 11.8 Å². The standard InChI is InChI=1S/C23H16F2N2O2S/c24-16-7-5-8-17(12-16)27-21(28)14-30-23(27)18-9-2-4-11-20(18)26(22(23)29)13-15-6-1-3-10-19(15)25/h1-12H,13-14H2. The average Bonchev–Trinajstić information content (AvgIpc) is 3.21. The number of carbonyl (C=O) groups excluding carboxylic acids is 2. The number of para-hydroxylation sites is 1. The molecule has 2 aliphatic heterocycles. The van der Waals surface area contributed by atoms with Crippen molar-refractivity contribution in [2.75, 3.05) is 15.6 Å². The fourth-order valence-electron chi connectivity index (χ4n) is 4.12. The minimum Gasteiger partial charge on any atom is -0.304 e. The van der Waals surface area contributed by atoms with Crippen LogP contribution >= 0.6 is 11.8 Å². The molecular weight excluding hydrogens is 406 g/mol. The number of thioether (sulfide) groups is 1. The van der Waals surface area contributed by atoms with Crippen molar-refractivity contribution in [2.24, 2.45) is 0 Å². The first-order chi connectivity index (χ1) is 14.5. The number of nitrogens with zero attached hydrogens (tertiary/aromatic N) is 2. The summed E-state index contributed by atoms with van der Waals surface area (Å²) in [4.78, 5) is 28.2. The number of hydrogen-bond donors (Lipinski definition) is 0. The van der Waals surface area contributed by atoms with Gasteiger partial charge in [-0.05, 0) is 30.3 Å². The molecule has 0 radical (unpaired) electrons. The first-order valence-electron chi connectivity index (χ1n) is 9.40. The van der Waals surface area contributed by atoms with E-state index in [9.17, 15) is 18.4 Å². The van der Waals surface area contributed by atoms with Crippen molar-refractivity contribution < 1.29 is 18.4 Å². The zero-order valence-electron chi connectivity index (χ0n) is 15.7. The molecule has 1 spiro atoms. The second-order valence-corrected chi connectivity index (χ2v) is 8.31. The Morgan fingerprint density at radius 3 is 2.50 bits per heavy atom. The first kappa shape index (κ1) is 18.8. The van der Waals surface area contributed by atoms with Crippen LogP contribution in [0, 0.1) is 11.6 Å². The van der Waals surface area contributed by atoms with Crippen molar-refractivity contribution in [3.8, 4) is 0 Å². The number of hydrogen-bond acceptors (Lipinski definition) is 3. The summed E-state index contributed by atoms with van der Waals surface area (Å²) in [6.45, 7) is 0.0377. The van der Waals surface area contributed by atoms with Gasteiger partial charge in [-0.3, -0.25) is 14.5 Å². The van der Waals surface area contributed by atoms with Gasteiger partial charge in [0.2, 0.25) is 10.8 Å². The maximum atomic E-state index is 14.3. The van der Waals surface area contributed by atoms with Crippen LogP contribution in [0.5, 0.6) is 0 Å². The smallest absolute Gasteiger partial charge is 0.269 e. The lowest BCUT2D eigenvalue weighted by Crippen LogP contribution is -2.49. The second-order valence-electron chi connectivity index (χ2n) is 7.14. The van der Waals surface area contributed by atoms with Crippen molar-refractivity contribution in [1.29, 1.82) is 0 Å². The van der Waals surface area contributed by atoms with Gasteiger partial charge in [0.1, 0.15) is 11.6 Å². The van der Waals surface area contributed by atoms with Crippen LogP contribution in [-0.2, 0) is 21.0 Å². The summed E-state index contributed by atoms with van der Waals surface area (Å²) in [5.41, 5.74) is 1.96. The number of rotatable bonds is 3. The van der Waals surface area contributed by atoms with Crippen molar-refractivity contribution in [3.05, 3.63) is 95.6 Å². The molecule has 1 atom stereocenters. The monoisotopic (exact) mass is 422 g/mol. The lowest BCUT2D eigenvalue weighted by Gasteiger charge is -2.33. The average molecular weight is 422 g/mol. The van der Waals surface area contributed by atoms with Crippen LogP contribution in [-0.4, -0.2) is 17.6 Å². The third kappa shape index (κ3) is 2.65. The number of halogens is 2. The van der Waals surface area contributed by atoms with E-state index < -0.39 is 16.5 Å². The van der Waals surface area contributed by atoms with Gasteiger partial charge in [-0.25, -0.2) is 8.78 Å². The minimum absolute atomic E-state index is 0.0377. The third-order valence-corrected chi connectivity index (χ3v) is 6.80. The van der Waals surface area contributed by atoms with Gasteiger partial charge in [-0.1, -0.05) is 42.5 Å². The van der Waals surface area contributed by atoms with Crippen LogP contribution in [0.25, 0.3) is 0 Å². The molecule has 3 aromatic rings. The Hall–Kier alpha value is -3.19. The Kier molecular flexibility index (Phi) is 4.36. The molecule has 2 amide bonds. The molecule has 4 nitrogen and oxygen atoms in total. The third-order valence-electron chi connectivity index (χ3n) is 5.42. The van der Waals surface area contributed by atoms with E-state index in [2.05, 4.69) is 0 Å². The van der Waals surface area contributed by atoms with E-state index in [1.165, 1.54) is 45.8 Å². The van der Waals surface area contributed by atoms with Gasteiger partial charge in [0.15, 0.2) is 0 Å². The summed E-state index contributed by atoms with van der Waals surface area (Å²) in [5, 5.41) is 0.